The maximum atomic E-state index is 11.1. The summed E-state index contributed by atoms with van der Waals surface area (Å²) in [7, 11) is 1.32. The molecule has 5 nitrogen and oxygen atoms in total. The minimum atomic E-state index is -0.462. The number of esters is 1. The van der Waals surface area contributed by atoms with Crippen LogP contribution in [-0.4, -0.2) is 18.1 Å². The third-order valence-corrected chi connectivity index (χ3v) is 2.89. The molecular formula is C11H12N2O3S. The van der Waals surface area contributed by atoms with Crippen molar-refractivity contribution in [1.82, 2.24) is 10.3 Å². The fourth-order valence-electron chi connectivity index (χ4n) is 1.32. The number of hydrogen-bond acceptors (Lipinski definition) is 6. The predicted octanol–water partition coefficient (Wildman–Crippen LogP) is 1.81. The number of furan rings is 1. The lowest BCUT2D eigenvalue weighted by atomic mass is 10.4. The zero-order chi connectivity index (χ0) is 12.1. The van der Waals surface area contributed by atoms with Crippen LogP contribution in [0.25, 0.3) is 0 Å². The number of hydrogen-bond donors (Lipinski definition) is 1. The van der Waals surface area contributed by atoms with E-state index in [4.69, 9.17) is 4.42 Å². The van der Waals surface area contributed by atoms with Crippen LogP contribution in [0.1, 0.15) is 21.3 Å². The Morgan fingerprint density at radius 3 is 3.12 bits per heavy atom. The summed E-state index contributed by atoms with van der Waals surface area (Å²) < 4.78 is 9.85. The first kappa shape index (κ1) is 11.8. The number of methoxy groups -OCH3 is 1. The van der Waals surface area contributed by atoms with E-state index in [0.717, 1.165) is 5.01 Å². The number of thiazole rings is 1. The zero-order valence-corrected chi connectivity index (χ0v) is 10.1. The molecule has 0 fully saturated rings. The minimum absolute atomic E-state index is 0.221. The normalized spacial score (nSPS) is 10.4. The first-order chi connectivity index (χ1) is 8.29. The Hall–Kier alpha value is -1.66. The molecule has 0 radical (unpaired) electrons. The summed E-state index contributed by atoms with van der Waals surface area (Å²) in [5, 5.41) is 6.12. The van der Waals surface area contributed by atoms with Gasteiger partial charge in [-0.15, -0.1) is 11.3 Å². The molecule has 0 saturated carbocycles. The lowest BCUT2D eigenvalue weighted by molar-refractivity contribution is 0.0563. The SMILES string of the molecule is COC(=O)c1ccc(CNCc2nccs2)o1. The number of nitrogens with zero attached hydrogens (tertiary/aromatic N) is 1. The summed E-state index contributed by atoms with van der Waals surface area (Å²) >= 11 is 1.59. The molecule has 90 valence electrons. The number of aromatic nitrogens is 1. The van der Waals surface area contributed by atoms with Crippen molar-refractivity contribution in [3.8, 4) is 0 Å². The molecule has 0 saturated heterocycles. The fraction of sp³-hybridized carbons (Fsp3) is 0.273. The fourth-order valence-corrected chi connectivity index (χ4v) is 1.90. The molecule has 2 heterocycles. The highest BCUT2D eigenvalue weighted by atomic mass is 32.1. The molecule has 0 aliphatic carbocycles. The van der Waals surface area contributed by atoms with Gasteiger partial charge in [-0.3, -0.25) is 0 Å². The third kappa shape index (κ3) is 3.15. The van der Waals surface area contributed by atoms with Gasteiger partial charge in [0, 0.05) is 18.1 Å². The monoisotopic (exact) mass is 252 g/mol. The van der Waals surface area contributed by atoms with Crippen LogP contribution in [-0.2, 0) is 17.8 Å². The molecule has 0 aliphatic rings. The number of nitrogens with one attached hydrogen (secondary N) is 1. The number of carbonyl (C=O) groups excluding carboxylic acids is 1. The van der Waals surface area contributed by atoms with Gasteiger partial charge in [0.25, 0.3) is 0 Å². The van der Waals surface area contributed by atoms with Crippen molar-refractivity contribution < 1.29 is 13.9 Å². The van der Waals surface area contributed by atoms with Crippen LogP contribution in [0.3, 0.4) is 0 Å². The topological polar surface area (TPSA) is 64.4 Å². The largest absolute Gasteiger partial charge is 0.463 e. The number of rotatable bonds is 5. The molecule has 17 heavy (non-hydrogen) atoms. The molecule has 6 heteroatoms. The van der Waals surface area contributed by atoms with E-state index in [-0.39, 0.29) is 5.76 Å². The second kappa shape index (κ2) is 5.60. The van der Waals surface area contributed by atoms with Gasteiger partial charge < -0.3 is 14.5 Å². The Balaban J connectivity index is 1.83. The lowest BCUT2D eigenvalue weighted by Crippen LogP contribution is -2.11. The minimum Gasteiger partial charge on any atom is -0.463 e. The Kier molecular flexibility index (Phi) is 3.89. The third-order valence-electron chi connectivity index (χ3n) is 2.11. The van der Waals surface area contributed by atoms with Gasteiger partial charge in [-0.2, -0.15) is 0 Å². The van der Waals surface area contributed by atoms with Gasteiger partial charge in [-0.25, -0.2) is 9.78 Å². The van der Waals surface area contributed by atoms with E-state index in [0.29, 0.717) is 18.8 Å². The highest BCUT2D eigenvalue weighted by Crippen LogP contribution is 2.09. The lowest BCUT2D eigenvalue weighted by Gasteiger charge is -1.99. The zero-order valence-electron chi connectivity index (χ0n) is 9.30. The molecule has 1 N–H and O–H groups in total. The summed E-state index contributed by atoms with van der Waals surface area (Å²) in [6.07, 6.45) is 1.77. The van der Waals surface area contributed by atoms with Crippen molar-refractivity contribution >= 4 is 17.3 Å². The average molecular weight is 252 g/mol. The van der Waals surface area contributed by atoms with E-state index in [9.17, 15) is 4.79 Å². The van der Waals surface area contributed by atoms with Crippen LogP contribution in [0, 0.1) is 0 Å². The summed E-state index contributed by atoms with van der Waals surface area (Å²) in [6, 6.07) is 3.35. The van der Waals surface area contributed by atoms with E-state index in [1.807, 2.05) is 5.38 Å². The van der Waals surface area contributed by atoms with E-state index >= 15 is 0 Å². The van der Waals surface area contributed by atoms with Crippen LogP contribution >= 0.6 is 11.3 Å². The van der Waals surface area contributed by atoms with Crippen molar-refractivity contribution in [3.63, 3.8) is 0 Å². The van der Waals surface area contributed by atoms with Crippen LogP contribution < -0.4 is 5.32 Å². The molecule has 0 bridgehead atoms. The van der Waals surface area contributed by atoms with Crippen molar-refractivity contribution in [2.24, 2.45) is 0 Å². The van der Waals surface area contributed by atoms with Crippen molar-refractivity contribution in [2.45, 2.75) is 13.1 Å². The quantitative estimate of drug-likeness (QED) is 0.822. The van der Waals surface area contributed by atoms with E-state index in [1.54, 1.807) is 29.7 Å². The second-order valence-corrected chi connectivity index (χ2v) is 4.27. The molecule has 0 aromatic carbocycles. The molecule has 0 aliphatic heterocycles. The number of carbonyl (C=O) groups is 1. The molecule has 0 unspecified atom stereocenters. The Morgan fingerprint density at radius 2 is 2.41 bits per heavy atom. The van der Waals surface area contributed by atoms with E-state index in [2.05, 4.69) is 15.0 Å². The van der Waals surface area contributed by atoms with Crippen LogP contribution in [0.4, 0.5) is 0 Å². The summed E-state index contributed by atoms with van der Waals surface area (Å²) in [6.45, 7) is 1.24. The smallest absolute Gasteiger partial charge is 0.373 e. The Morgan fingerprint density at radius 1 is 1.53 bits per heavy atom. The molecule has 2 aromatic heterocycles. The van der Waals surface area contributed by atoms with Gasteiger partial charge in [-0.1, -0.05) is 0 Å². The van der Waals surface area contributed by atoms with Gasteiger partial charge >= 0.3 is 5.97 Å². The second-order valence-electron chi connectivity index (χ2n) is 3.29. The van der Waals surface area contributed by atoms with Crippen molar-refractivity contribution in [2.75, 3.05) is 7.11 Å². The maximum absolute atomic E-state index is 11.1. The van der Waals surface area contributed by atoms with Gasteiger partial charge in [0.05, 0.1) is 13.7 Å². The molecule has 0 atom stereocenters. The molecule has 2 rings (SSSR count). The van der Waals surface area contributed by atoms with Gasteiger partial charge in [0.2, 0.25) is 5.76 Å². The summed E-state index contributed by atoms with van der Waals surface area (Å²) in [5.74, 6) is 0.455. The van der Waals surface area contributed by atoms with Gasteiger partial charge in [-0.05, 0) is 12.1 Å². The molecule has 2 aromatic rings. The summed E-state index contributed by atoms with van der Waals surface area (Å²) in [4.78, 5) is 15.3. The highest BCUT2D eigenvalue weighted by Gasteiger charge is 2.10. The molecule has 0 spiro atoms. The molecule has 0 amide bonds. The van der Waals surface area contributed by atoms with Crippen LogP contribution in [0.15, 0.2) is 28.1 Å². The van der Waals surface area contributed by atoms with Gasteiger partial charge in [0.15, 0.2) is 0 Å². The van der Waals surface area contributed by atoms with Crippen LogP contribution in [0.5, 0.6) is 0 Å². The van der Waals surface area contributed by atoms with Crippen molar-refractivity contribution in [1.29, 1.82) is 0 Å². The van der Waals surface area contributed by atoms with E-state index in [1.165, 1.54) is 7.11 Å². The first-order valence-electron chi connectivity index (χ1n) is 5.05. The van der Waals surface area contributed by atoms with E-state index < -0.39 is 5.97 Å². The highest BCUT2D eigenvalue weighted by molar-refractivity contribution is 7.09. The predicted molar refractivity (Wildman–Crippen MR) is 62.7 cm³/mol. The number of ether oxygens (including phenoxy) is 1. The Labute approximate surface area is 102 Å². The first-order valence-corrected chi connectivity index (χ1v) is 5.93. The standard InChI is InChI=1S/C11H12N2O3S/c1-15-11(14)9-3-2-8(16-9)6-12-7-10-13-4-5-17-10/h2-5,12H,6-7H2,1H3. The van der Waals surface area contributed by atoms with Crippen molar-refractivity contribution in [3.05, 3.63) is 40.2 Å². The summed E-state index contributed by atoms with van der Waals surface area (Å²) in [5.41, 5.74) is 0. The molecular weight excluding hydrogens is 240 g/mol. The van der Waals surface area contributed by atoms with Gasteiger partial charge in [0.1, 0.15) is 10.8 Å². The van der Waals surface area contributed by atoms with Crippen LogP contribution in [0.2, 0.25) is 0 Å². The average Bonchev–Trinajstić information content (AvgIpc) is 2.99. The maximum Gasteiger partial charge on any atom is 0.373 e. The Bertz CT molecular complexity index is 479.